The first-order valence-corrected chi connectivity index (χ1v) is 8.80. The smallest absolute Gasteiger partial charge is 0.280 e. The molecule has 1 atom stereocenters. The van der Waals surface area contributed by atoms with Gasteiger partial charge in [0.05, 0.1) is 5.39 Å². The third-order valence-electron chi connectivity index (χ3n) is 4.64. The van der Waals surface area contributed by atoms with Crippen molar-refractivity contribution in [1.29, 1.82) is 0 Å². The highest BCUT2D eigenvalue weighted by molar-refractivity contribution is 7.18. The number of aromatic nitrogens is 2. The molecule has 3 aromatic rings. The van der Waals surface area contributed by atoms with Crippen molar-refractivity contribution in [2.45, 2.75) is 32.6 Å². The van der Waals surface area contributed by atoms with E-state index < -0.39 is 0 Å². The molecular weight excluding hydrogens is 306 g/mol. The quantitative estimate of drug-likeness (QED) is 0.737. The number of thiophene rings is 1. The van der Waals surface area contributed by atoms with Crippen LogP contribution < -0.4 is 11.4 Å². The maximum Gasteiger partial charge on any atom is 0.280 e. The van der Waals surface area contributed by atoms with Crippen LogP contribution in [0.2, 0.25) is 0 Å². The number of benzene rings is 1. The van der Waals surface area contributed by atoms with Gasteiger partial charge in [-0.25, -0.2) is 9.66 Å². The van der Waals surface area contributed by atoms with E-state index in [9.17, 15) is 4.79 Å². The molecule has 2 N–H and O–H groups in total. The van der Waals surface area contributed by atoms with Gasteiger partial charge in [0.2, 0.25) is 0 Å². The van der Waals surface area contributed by atoms with Gasteiger partial charge in [0.15, 0.2) is 0 Å². The Morgan fingerprint density at radius 3 is 2.91 bits per heavy atom. The Kier molecular flexibility index (Phi) is 3.45. The average Bonchev–Trinajstić information content (AvgIpc) is 2.90. The number of hydrogen-bond donors (Lipinski definition) is 1. The maximum absolute atomic E-state index is 12.8. The van der Waals surface area contributed by atoms with Crippen LogP contribution in [0.25, 0.3) is 10.2 Å². The number of aryl methyl sites for hydroxylation is 1. The Labute approximate surface area is 138 Å². The molecule has 5 heteroatoms. The van der Waals surface area contributed by atoms with Crippen molar-refractivity contribution < 1.29 is 0 Å². The molecule has 0 bridgehead atoms. The molecule has 0 saturated carbocycles. The molecule has 0 amide bonds. The molecule has 1 unspecified atom stereocenters. The summed E-state index contributed by atoms with van der Waals surface area (Å²) in [6.07, 6.45) is 3.72. The molecule has 1 aliphatic rings. The van der Waals surface area contributed by atoms with E-state index in [4.69, 9.17) is 10.8 Å². The number of nitrogens with two attached hydrogens (primary N) is 1. The van der Waals surface area contributed by atoms with Crippen molar-refractivity contribution in [3.63, 3.8) is 0 Å². The lowest BCUT2D eigenvalue weighted by Crippen LogP contribution is -2.32. The Balaban J connectivity index is 1.85. The van der Waals surface area contributed by atoms with Crippen LogP contribution in [-0.2, 0) is 19.3 Å². The number of nitrogen functional groups attached to an aromatic ring is 1. The summed E-state index contributed by atoms with van der Waals surface area (Å²) in [5.74, 6) is 7.37. The minimum atomic E-state index is -0.104. The predicted molar refractivity (Wildman–Crippen MR) is 94.5 cm³/mol. The van der Waals surface area contributed by atoms with Gasteiger partial charge in [-0.1, -0.05) is 37.3 Å². The lowest BCUT2D eigenvalue weighted by Gasteiger charge is -2.17. The van der Waals surface area contributed by atoms with Crippen molar-refractivity contribution >= 4 is 21.6 Å². The highest BCUT2D eigenvalue weighted by atomic mass is 32.1. The Morgan fingerprint density at radius 2 is 2.13 bits per heavy atom. The van der Waals surface area contributed by atoms with Gasteiger partial charge < -0.3 is 5.84 Å². The standard InChI is InChI=1S/C18H19N3OS/c1-11-7-8-13-14(9-11)23-17-16(13)18(22)21(19)15(20-17)10-12-5-3-2-4-6-12/h2-6,11H,7-10,19H2,1H3. The summed E-state index contributed by atoms with van der Waals surface area (Å²) in [4.78, 5) is 19.6. The van der Waals surface area contributed by atoms with Crippen molar-refractivity contribution in [2.24, 2.45) is 5.92 Å². The predicted octanol–water partition coefficient (Wildman–Crippen LogP) is 2.89. The number of fused-ring (bicyclic) bond motifs is 3. The third-order valence-corrected chi connectivity index (χ3v) is 5.79. The molecule has 0 spiro atoms. The lowest BCUT2D eigenvalue weighted by molar-refractivity contribution is 0.509. The molecule has 1 aliphatic carbocycles. The monoisotopic (exact) mass is 325 g/mol. The van der Waals surface area contributed by atoms with Crippen LogP contribution in [0.1, 0.15) is 35.2 Å². The molecule has 0 saturated heterocycles. The Bertz CT molecular complexity index is 927. The summed E-state index contributed by atoms with van der Waals surface area (Å²) in [6.45, 7) is 2.27. The molecule has 118 valence electrons. The van der Waals surface area contributed by atoms with E-state index in [0.717, 1.165) is 35.0 Å². The zero-order chi connectivity index (χ0) is 16.0. The SMILES string of the molecule is CC1CCc2c(sc3nc(Cc4ccccc4)n(N)c(=O)c23)C1. The van der Waals surface area contributed by atoms with Crippen LogP contribution in [-0.4, -0.2) is 9.66 Å². The molecule has 4 nitrogen and oxygen atoms in total. The molecule has 2 heterocycles. The first-order valence-electron chi connectivity index (χ1n) is 7.98. The van der Waals surface area contributed by atoms with E-state index in [0.29, 0.717) is 18.2 Å². The van der Waals surface area contributed by atoms with Crippen LogP contribution in [0.15, 0.2) is 35.1 Å². The molecule has 0 fully saturated rings. The van der Waals surface area contributed by atoms with Gasteiger partial charge in [-0.05, 0) is 36.3 Å². The fourth-order valence-corrected chi connectivity index (χ4v) is 4.74. The van der Waals surface area contributed by atoms with Gasteiger partial charge in [-0.3, -0.25) is 4.79 Å². The molecular formula is C18H19N3OS. The van der Waals surface area contributed by atoms with E-state index in [1.165, 1.54) is 15.1 Å². The van der Waals surface area contributed by atoms with Crippen LogP contribution in [0.3, 0.4) is 0 Å². The van der Waals surface area contributed by atoms with Gasteiger partial charge in [-0.15, -0.1) is 11.3 Å². The summed E-state index contributed by atoms with van der Waals surface area (Å²) in [7, 11) is 0. The first kappa shape index (κ1) is 14.5. The number of rotatable bonds is 2. The molecule has 0 aliphatic heterocycles. The average molecular weight is 325 g/mol. The van der Waals surface area contributed by atoms with E-state index in [1.807, 2.05) is 30.3 Å². The van der Waals surface area contributed by atoms with Crippen molar-refractivity contribution in [3.05, 3.63) is 62.5 Å². The highest BCUT2D eigenvalue weighted by Gasteiger charge is 2.24. The van der Waals surface area contributed by atoms with Gasteiger partial charge in [0.1, 0.15) is 10.7 Å². The van der Waals surface area contributed by atoms with Gasteiger partial charge >= 0.3 is 0 Å². The fraction of sp³-hybridized carbons (Fsp3) is 0.333. The molecule has 4 rings (SSSR count). The second kappa shape index (κ2) is 5.49. The van der Waals surface area contributed by atoms with E-state index in [1.54, 1.807) is 11.3 Å². The summed E-state index contributed by atoms with van der Waals surface area (Å²) < 4.78 is 1.24. The summed E-state index contributed by atoms with van der Waals surface area (Å²) >= 11 is 1.67. The van der Waals surface area contributed by atoms with Crippen molar-refractivity contribution in [3.8, 4) is 0 Å². The van der Waals surface area contributed by atoms with Crippen LogP contribution >= 0.6 is 11.3 Å². The zero-order valence-electron chi connectivity index (χ0n) is 13.1. The Morgan fingerprint density at radius 1 is 1.35 bits per heavy atom. The van der Waals surface area contributed by atoms with Crippen molar-refractivity contribution in [2.75, 3.05) is 5.84 Å². The van der Waals surface area contributed by atoms with Crippen molar-refractivity contribution in [1.82, 2.24) is 9.66 Å². The largest absolute Gasteiger partial charge is 0.335 e. The number of hydrogen-bond acceptors (Lipinski definition) is 4. The third kappa shape index (κ3) is 2.45. The van der Waals surface area contributed by atoms with Crippen LogP contribution in [0.4, 0.5) is 0 Å². The second-order valence-corrected chi connectivity index (χ2v) is 7.48. The number of nitrogens with zero attached hydrogens (tertiary/aromatic N) is 2. The summed E-state index contributed by atoms with van der Waals surface area (Å²) in [6, 6.07) is 10.00. The second-order valence-electron chi connectivity index (χ2n) is 6.40. The normalized spacial score (nSPS) is 17.3. The van der Waals surface area contributed by atoms with E-state index in [2.05, 4.69) is 6.92 Å². The van der Waals surface area contributed by atoms with Gasteiger partial charge in [0, 0.05) is 11.3 Å². The zero-order valence-corrected chi connectivity index (χ0v) is 13.9. The summed E-state index contributed by atoms with van der Waals surface area (Å²) in [5, 5.41) is 0.746. The minimum Gasteiger partial charge on any atom is -0.335 e. The van der Waals surface area contributed by atoms with E-state index in [-0.39, 0.29) is 5.56 Å². The topological polar surface area (TPSA) is 60.9 Å². The molecule has 2 aromatic heterocycles. The summed E-state index contributed by atoms with van der Waals surface area (Å²) in [5.41, 5.74) is 2.19. The lowest BCUT2D eigenvalue weighted by atomic mass is 9.89. The van der Waals surface area contributed by atoms with E-state index >= 15 is 0 Å². The minimum absolute atomic E-state index is 0.104. The fourth-order valence-electron chi connectivity index (χ4n) is 3.35. The highest BCUT2D eigenvalue weighted by Crippen LogP contribution is 2.35. The molecule has 1 aromatic carbocycles. The van der Waals surface area contributed by atoms with Gasteiger partial charge in [0.25, 0.3) is 5.56 Å². The molecule has 0 radical (unpaired) electrons. The first-order chi connectivity index (χ1) is 11.1. The van der Waals surface area contributed by atoms with Gasteiger partial charge in [-0.2, -0.15) is 0 Å². The van der Waals surface area contributed by atoms with Crippen LogP contribution in [0, 0.1) is 5.92 Å². The molecule has 23 heavy (non-hydrogen) atoms. The van der Waals surface area contributed by atoms with Crippen LogP contribution in [0.5, 0.6) is 0 Å². The Hall–Kier alpha value is -2.14. The maximum atomic E-state index is 12.8.